The Labute approximate surface area is 163 Å². The summed E-state index contributed by atoms with van der Waals surface area (Å²) < 4.78 is 3.21. The lowest BCUT2D eigenvalue weighted by Crippen LogP contribution is -2.39. The van der Waals surface area contributed by atoms with Crippen LogP contribution >= 0.6 is 39.9 Å². The second kappa shape index (κ2) is 9.92. The van der Waals surface area contributed by atoms with Crippen LogP contribution in [-0.4, -0.2) is 41.1 Å². The first-order valence-corrected chi connectivity index (χ1v) is 8.01. The summed E-state index contributed by atoms with van der Waals surface area (Å²) in [7, 11) is 5.90. The first kappa shape index (κ1) is 20.0. The van der Waals surface area contributed by atoms with Gasteiger partial charge in [0, 0.05) is 56.4 Å². The minimum absolute atomic E-state index is 0. The summed E-state index contributed by atoms with van der Waals surface area (Å²) >= 11 is 3.50. The third-order valence-electron chi connectivity index (χ3n) is 3.47. The van der Waals surface area contributed by atoms with E-state index >= 15 is 0 Å². The zero-order valence-electron chi connectivity index (χ0n) is 13.7. The van der Waals surface area contributed by atoms with Gasteiger partial charge in [0.05, 0.1) is 6.54 Å². The summed E-state index contributed by atoms with van der Waals surface area (Å²) in [5.41, 5.74) is 2.45. The highest BCUT2D eigenvalue weighted by Crippen LogP contribution is 2.14. The molecule has 7 heteroatoms. The van der Waals surface area contributed by atoms with E-state index in [1.165, 1.54) is 11.3 Å². The fraction of sp³-hybridized carbons (Fsp3) is 0.375. The Morgan fingerprint density at radius 2 is 2.26 bits per heavy atom. The van der Waals surface area contributed by atoms with E-state index in [2.05, 4.69) is 59.0 Å². The molecule has 2 rings (SSSR count). The Morgan fingerprint density at radius 1 is 1.48 bits per heavy atom. The van der Waals surface area contributed by atoms with Gasteiger partial charge in [-0.25, -0.2) is 0 Å². The van der Waals surface area contributed by atoms with Crippen LogP contribution in [0.25, 0.3) is 0 Å². The van der Waals surface area contributed by atoms with Gasteiger partial charge in [0.2, 0.25) is 0 Å². The predicted molar refractivity (Wildman–Crippen MR) is 109 cm³/mol. The van der Waals surface area contributed by atoms with Crippen LogP contribution < -0.4 is 5.32 Å². The zero-order valence-corrected chi connectivity index (χ0v) is 17.6. The van der Waals surface area contributed by atoms with E-state index in [9.17, 15) is 0 Å². The van der Waals surface area contributed by atoms with E-state index in [1.807, 2.05) is 33.4 Å². The molecule has 0 fully saturated rings. The summed E-state index contributed by atoms with van der Waals surface area (Å²) in [5.74, 6) is 0.890. The maximum absolute atomic E-state index is 4.35. The van der Waals surface area contributed by atoms with Gasteiger partial charge in [-0.1, -0.05) is 6.07 Å². The van der Waals surface area contributed by atoms with Crippen molar-refractivity contribution in [3.63, 3.8) is 0 Å². The van der Waals surface area contributed by atoms with Crippen molar-refractivity contribution in [2.24, 2.45) is 12.0 Å². The molecule has 0 saturated carbocycles. The van der Waals surface area contributed by atoms with E-state index in [0.717, 1.165) is 29.9 Å². The Balaban J connectivity index is 0.00000264. The van der Waals surface area contributed by atoms with Gasteiger partial charge in [-0.15, -0.1) is 24.0 Å². The number of nitrogens with one attached hydrogen (secondary N) is 1. The van der Waals surface area contributed by atoms with Crippen LogP contribution in [0.15, 0.2) is 46.3 Å². The van der Waals surface area contributed by atoms with Gasteiger partial charge in [0.1, 0.15) is 0 Å². The molecular formula is C16H23BrIN5. The molecule has 2 aromatic heterocycles. The number of halogens is 2. The smallest absolute Gasteiger partial charge is 0.193 e. The lowest BCUT2D eigenvalue weighted by Gasteiger charge is -2.22. The van der Waals surface area contributed by atoms with Crippen LogP contribution in [0, 0.1) is 0 Å². The Kier molecular flexibility index (Phi) is 8.60. The fourth-order valence-corrected chi connectivity index (χ4v) is 2.86. The Hall–Kier alpha value is -1.09. The molecule has 0 bridgehead atoms. The molecule has 1 N–H and O–H groups in total. The molecule has 23 heavy (non-hydrogen) atoms. The number of rotatable bonds is 5. The lowest BCUT2D eigenvalue weighted by molar-refractivity contribution is 0.462. The van der Waals surface area contributed by atoms with Crippen molar-refractivity contribution in [3.05, 3.63) is 52.5 Å². The number of nitrogens with zero attached hydrogens (tertiary/aromatic N) is 4. The van der Waals surface area contributed by atoms with E-state index in [4.69, 9.17) is 0 Å². The topological polar surface area (TPSA) is 45.5 Å². The third-order valence-corrected chi connectivity index (χ3v) is 3.90. The van der Waals surface area contributed by atoms with Crippen LogP contribution in [0.3, 0.4) is 0 Å². The van der Waals surface area contributed by atoms with Crippen molar-refractivity contribution in [3.8, 4) is 0 Å². The van der Waals surface area contributed by atoms with Crippen molar-refractivity contribution >= 4 is 45.9 Å². The first-order valence-electron chi connectivity index (χ1n) is 7.21. The molecule has 5 nitrogen and oxygen atoms in total. The number of guanidine groups is 1. The minimum Gasteiger partial charge on any atom is -0.356 e. The zero-order chi connectivity index (χ0) is 15.9. The molecule has 2 heterocycles. The fourth-order valence-electron chi connectivity index (χ4n) is 2.29. The van der Waals surface area contributed by atoms with E-state index in [1.54, 1.807) is 6.20 Å². The molecule has 0 spiro atoms. The maximum Gasteiger partial charge on any atom is 0.193 e. The second-order valence-corrected chi connectivity index (χ2v) is 6.12. The minimum atomic E-state index is 0. The summed E-state index contributed by atoms with van der Waals surface area (Å²) in [4.78, 5) is 10.6. The van der Waals surface area contributed by atoms with Crippen LogP contribution in [0.4, 0.5) is 0 Å². The Morgan fingerprint density at radius 3 is 2.83 bits per heavy atom. The quantitative estimate of drug-likeness (QED) is 0.397. The number of hydrogen-bond acceptors (Lipinski definition) is 2. The largest absolute Gasteiger partial charge is 0.356 e. The number of aliphatic imine (C=N–C) groups is 1. The van der Waals surface area contributed by atoms with Crippen LogP contribution in [0.2, 0.25) is 0 Å². The number of aryl methyl sites for hydroxylation is 1. The lowest BCUT2D eigenvalue weighted by atomic mass is 10.2. The van der Waals surface area contributed by atoms with Gasteiger partial charge in [0.25, 0.3) is 0 Å². The van der Waals surface area contributed by atoms with Gasteiger partial charge >= 0.3 is 0 Å². The molecule has 0 radical (unpaired) electrons. The highest BCUT2D eigenvalue weighted by molar-refractivity contribution is 14.0. The summed E-state index contributed by atoms with van der Waals surface area (Å²) in [6.45, 7) is 1.63. The van der Waals surface area contributed by atoms with Gasteiger partial charge in [-0.2, -0.15) is 0 Å². The molecule has 0 aliphatic carbocycles. The number of pyridine rings is 1. The molecule has 0 amide bonds. The van der Waals surface area contributed by atoms with Gasteiger partial charge in [0.15, 0.2) is 5.96 Å². The average Bonchev–Trinajstić information content (AvgIpc) is 2.82. The predicted octanol–water partition coefficient (Wildman–Crippen LogP) is 3.05. The second-order valence-electron chi connectivity index (χ2n) is 5.20. The van der Waals surface area contributed by atoms with E-state index < -0.39 is 0 Å². The molecule has 0 saturated heterocycles. The maximum atomic E-state index is 4.35. The van der Waals surface area contributed by atoms with E-state index in [-0.39, 0.29) is 24.0 Å². The molecule has 2 aromatic rings. The first-order chi connectivity index (χ1) is 10.6. The SMILES string of the molecule is CN=C(NCCc1cccnc1)N(C)Cc1cc(Br)cn1C.I. The van der Waals surface area contributed by atoms with Gasteiger partial charge in [-0.05, 0) is 40.0 Å². The van der Waals surface area contributed by atoms with Crippen LogP contribution in [0.5, 0.6) is 0 Å². The van der Waals surface area contributed by atoms with Crippen molar-refractivity contribution in [1.82, 2.24) is 19.8 Å². The molecule has 126 valence electrons. The van der Waals surface area contributed by atoms with Gasteiger partial charge in [-0.3, -0.25) is 9.98 Å². The van der Waals surface area contributed by atoms with Gasteiger partial charge < -0.3 is 14.8 Å². The van der Waals surface area contributed by atoms with Crippen molar-refractivity contribution in [1.29, 1.82) is 0 Å². The van der Waals surface area contributed by atoms with Crippen molar-refractivity contribution in [2.75, 3.05) is 20.6 Å². The summed E-state index contributed by atoms with van der Waals surface area (Å²) in [6.07, 6.45) is 6.68. The van der Waals surface area contributed by atoms with Crippen molar-refractivity contribution < 1.29 is 0 Å². The highest BCUT2D eigenvalue weighted by Gasteiger charge is 2.09. The van der Waals surface area contributed by atoms with Crippen LogP contribution in [0.1, 0.15) is 11.3 Å². The van der Waals surface area contributed by atoms with Crippen LogP contribution in [-0.2, 0) is 20.0 Å². The summed E-state index contributed by atoms with van der Waals surface area (Å²) in [5, 5.41) is 3.39. The third kappa shape index (κ3) is 6.14. The molecule has 0 aliphatic heterocycles. The number of aromatic nitrogens is 2. The van der Waals surface area contributed by atoms with E-state index in [0.29, 0.717) is 0 Å². The normalized spacial score (nSPS) is 11.0. The number of hydrogen-bond donors (Lipinski definition) is 1. The summed E-state index contributed by atoms with van der Waals surface area (Å²) in [6, 6.07) is 6.17. The molecule has 0 aliphatic rings. The highest BCUT2D eigenvalue weighted by atomic mass is 127. The molecule has 0 unspecified atom stereocenters. The molecular weight excluding hydrogens is 469 g/mol. The Bertz CT molecular complexity index is 627. The molecule has 0 aromatic carbocycles. The van der Waals surface area contributed by atoms with Crippen molar-refractivity contribution in [2.45, 2.75) is 13.0 Å². The average molecular weight is 492 g/mol. The monoisotopic (exact) mass is 491 g/mol. The standard InChI is InChI=1S/C16H22BrN5.HI/c1-18-16(20-8-6-13-5-4-7-19-10-13)22(3)12-15-9-14(17)11-21(15)2;/h4-5,7,9-11H,6,8,12H2,1-3H3,(H,18,20);1H. The molecule has 0 atom stereocenters.